The lowest BCUT2D eigenvalue weighted by molar-refractivity contribution is 0.415. The van der Waals surface area contributed by atoms with Crippen molar-refractivity contribution in [2.75, 3.05) is 36.3 Å². The third kappa shape index (κ3) is 3.92. The van der Waals surface area contributed by atoms with Crippen LogP contribution in [0.4, 0.5) is 34.1 Å². The lowest BCUT2D eigenvalue weighted by Gasteiger charge is -2.15. The van der Waals surface area contributed by atoms with E-state index in [1.54, 1.807) is 20.3 Å². The Morgan fingerprint density at radius 2 is 1.00 bits per heavy atom. The Hall–Kier alpha value is -3.54. The summed E-state index contributed by atoms with van der Waals surface area (Å²) in [6.07, 6.45) is 0. The van der Waals surface area contributed by atoms with Crippen LogP contribution in [-0.2, 0) is 0 Å². The van der Waals surface area contributed by atoms with E-state index < -0.39 is 0 Å². The van der Waals surface area contributed by atoms with Gasteiger partial charge in [-0.3, -0.25) is 0 Å². The van der Waals surface area contributed by atoms with Crippen LogP contribution in [0.5, 0.6) is 11.5 Å². The molecule has 0 aromatic heterocycles. The van der Waals surface area contributed by atoms with Crippen molar-refractivity contribution in [2.45, 2.75) is 0 Å². The summed E-state index contributed by atoms with van der Waals surface area (Å²) >= 11 is 0. The molecule has 6 heteroatoms. The molecule has 0 fully saturated rings. The number of nitrogen functional groups attached to an aromatic ring is 2. The molecule has 26 heavy (non-hydrogen) atoms. The molecule has 0 spiro atoms. The maximum absolute atomic E-state index is 6.11. The van der Waals surface area contributed by atoms with E-state index >= 15 is 0 Å². The molecular formula is C20H22N4O2. The standard InChI is InChI=1S/C20H22N4O2/c1-25-15-7-3-13(4-8-15)23-19-12-20(18(22)11-17(19)21)24-14-5-9-16(26-2)10-6-14/h3-12,23-24H,21-22H2,1-2H3. The van der Waals surface area contributed by atoms with Gasteiger partial charge in [-0.05, 0) is 60.7 Å². The molecule has 0 atom stereocenters. The van der Waals surface area contributed by atoms with Crippen molar-refractivity contribution in [2.24, 2.45) is 0 Å². The first-order chi connectivity index (χ1) is 12.6. The predicted octanol–water partition coefficient (Wildman–Crippen LogP) is 4.36. The van der Waals surface area contributed by atoms with E-state index in [0.29, 0.717) is 11.4 Å². The monoisotopic (exact) mass is 350 g/mol. The molecule has 0 radical (unpaired) electrons. The van der Waals surface area contributed by atoms with Crippen LogP contribution in [-0.4, -0.2) is 14.2 Å². The van der Waals surface area contributed by atoms with E-state index in [-0.39, 0.29) is 0 Å². The highest BCUT2D eigenvalue weighted by Crippen LogP contribution is 2.34. The Bertz CT molecular complexity index is 807. The highest BCUT2D eigenvalue weighted by molar-refractivity contribution is 5.85. The maximum atomic E-state index is 6.11. The molecule has 0 heterocycles. The molecule has 0 bridgehead atoms. The summed E-state index contributed by atoms with van der Waals surface area (Å²) in [6, 6.07) is 18.8. The largest absolute Gasteiger partial charge is 0.497 e. The highest BCUT2D eigenvalue weighted by atomic mass is 16.5. The second-order valence-electron chi connectivity index (χ2n) is 5.73. The molecule has 0 amide bonds. The van der Waals surface area contributed by atoms with Gasteiger partial charge in [0.1, 0.15) is 11.5 Å². The summed E-state index contributed by atoms with van der Waals surface area (Å²) in [6.45, 7) is 0. The van der Waals surface area contributed by atoms with Gasteiger partial charge in [-0.1, -0.05) is 0 Å². The number of ether oxygens (including phenoxy) is 2. The van der Waals surface area contributed by atoms with Crippen LogP contribution < -0.4 is 31.6 Å². The fraction of sp³-hybridized carbons (Fsp3) is 0.100. The smallest absolute Gasteiger partial charge is 0.119 e. The molecular weight excluding hydrogens is 328 g/mol. The van der Waals surface area contributed by atoms with E-state index in [9.17, 15) is 0 Å². The zero-order valence-electron chi connectivity index (χ0n) is 14.7. The minimum Gasteiger partial charge on any atom is -0.497 e. The van der Waals surface area contributed by atoms with Crippen LogP contribution in [0.2, 0.25) is 0 Å². The number of hydrogen-bond acceptors (Lipinski definition) is 6. The summed E-state index contributed by atoms with van der Waals surface area (Å²) in [7, 11) is 3.27. The molecule has 0 aliphatic heterocycles. The SMILES string of the molecule is COc1ccc(Nc2cc(Nc3ccc(OC)cc3)c(N)cc2N)cc1. The molecule has 134 valence electrons. The second-order valence-corrected chi connectivity index (χ2v) is 5.73. The maximum Gasteiger partial charge on any atom is 0.119 e. The van der Waals surface area contributed by atoms with E-state index in [1.807, 2.05) is 54.6 Å². The average molecular weight is 350 g/mol. The van der Waals surface area contributed by atoms with Gasteiger partial charge >= 0.3 is 0 Å². The number of benzene rings is 3. The fourth-order valence-electron chi connectivity index (χ4n) is 2.51. The number of anilines is 6. The molecule has 3 rings (SSSR count). The van der Waals surface area contributed by atoms with Crippen molar-refractivity contribution < 1.29 is 9.47 Å². The van der Waals surface area contributed by atoms with Gasteiger partial charge in [-0.15, -0.1) is 0 Å². The molecule has 3 aromatic carbocycles. The predicted molar refractivity (Wildman–Crippen MR) is 108 cm³/mol. The van der Waals surface area contributed by atoms with Crippen LogP contribution in [0.15, 0.2) is 60.7 Å². The van der Waals surface area contributed by atoms with Crippen molar-refractivity contribution in [3.8, 4) is 11.5 Å². The van der Waals surface area contributed by atoms with E-state index in [2.05, 4.69) is 10.6 Å². The van der Waals surface area contributed by atoms with Gasteiger partial charge < -0.3 is 31.6 Å². The minimum absolute atomic E-state index is 0.568. The Morgan fingerprint density at radius 1 is 0.615 bits per heavy atom. The van der Waals surface area contributed by atoms with Gasteiger partial charge in [0.25, 0.3) is 0 Å². The number of nitrogens with two attached hydrogens (primary N) is 2. The van der Waals surface area contributed by atoms with Gasteiger partial charge in [0.05, 0.1) is 37.0 Å². The van der Waals surface area contributed by atoms with Gasteiger partial charge in [-0.2, -0.15) is 0 Å². The normalized spacial score (nSPS) is 10.2. The summed E-state index contributed by atoms with van der Waals surface area (Å²) in [5, 5.41) is 6.60. The van der Waals surface area contributed by atoms with Crippen molar-refractivity contribution in [3.05, 3.63) is 60.7 Å². The van der Waals surface area contributed by atoms with Gasteiger partial charge in [-0.25, -0.2) is 0 Å². The molecule has 3 aromatic rings. The lowest BCUT2D eigenvalue weighted by atomic mass is 10.2. The molecule has 0 saturated heterocycles. The van der Waals surface area contributed by atoms with Gasteiger partial charge in [0.2, 0.25) is 0 Å². The zero-order chi connectivity index (χ0) is 18.5. The summed E-state index contributed by atoms with van der Waals surface area (Å²) in [4.78, 5) is 0. The molecule has 6 N–H and O–H groups in total. The van der Waals surface area contributed by atoms with E-state index in [0.717, 1.165) is 34.2 Å². The number of rotatable bonds is 6. The molecule has 0 aliphatic carbocycles. The van der Waals surface area contributed by atoms with Gasteiger partial charge in [0, 0.05) is 11.4 Å². The summed E-state index contributed by atoms with van der Waals surface area (Å²) in [5.74, 6) is 1.59. The Morgan fingerprint density at radius 3 is 1.35 bits per heavy atom. The minimum atomic E-state index is 0.568. The topological polar surface area (TPSA) is 94.6 Å². The van der Waals surface area contributed by atoms with E-state index in [1.165, 1.54) is 0 Å². The van der Waals surface area contributed by atoms with Crippen molar-refractivity contribution in [1.82, 2.24) is 0 Å². The fourth-order valence-corrected chi connectivity index (χ4v) is 2.51. The second kappa shape index (κ2) is 7.57. The van der Waals surface area contributed by atoms with Gasteiger partial charge in [0.15, 0.2) is 0 Å². The molecule has 6 nitrogen and oxygen atoms in total. The average Bonchev–Trinajstić information content (AvgIpc) is 2.66. The molecule has 0 aliphatic rings. The Labute approximate surface area is 152 Å². The van der Waals surface area contributed by atoms with Crippen molar-refractivity contribution >= 4 is 34.1 Å². The number of hydrogen-bond donors (Lipinski definition) is 4. The number of nitrogens with one attached hydrogen (secondary N) is 2. The Balaban J connectivity index is 1.83. The first kappa shape index (κ1) is 17.3. The number of methoxy groups -OCH3 is 2. The van der Waals surface area contributed by atoms with Crippen LogP contribution in [0.3, 0.4) is 0 Å². The van der Waals surface area contributed by atoms with Crippen LogP contribution in [0.25, 0.3) is 0 Å². The quantitative estimate of drug-likeness (QED) is 0.494. The summed E-state index contributed by atoms with van der Waals surface area (Å²) < 4.78 is 10.3. The first-order valence-corrected chi connectivity index (χ1v) is 8.10. The molecule has 0 saturated carbocycles. The zero-order valence-corrected chi connectivity index (χ0v) is 14.7. The van der Waals surface area contributed by atoms with Crippen LogP contribution in [0, 0.1) is 0 Å². The Kier molecular flexibility index (Phi) is 5.03. The highest BCUT2D eigenvalue weighted by Gasteiger charge is 2.07. The third-order valence-electron chi connectivity index (χ3n) is 3.96. The van der Waals surface area contributed by atoms with Crippen LogP contribution >= 0.6 is 0 Å². The summed E-state index contributed by atoms with van der Waals surface area (Å²) in [5.41, 5.74) is 16.7. The van der Waals surface area contributed by atoms with Crippen molar-refractivity contribution in [1.29, 1.82) is 0 Å². The van der Waals surface area contributed by atoms with E-state index in [4.69, 9.17) is 20.9 Å². The third-order valence-corrected chi connectivity index (χ3v) is 3.96. The van der Waals surface area contributed by atoms with Crippen LogP contribution in [0.1, 0.15) is 0 Å². The first-order valence-electron chi connectivity index (χ1n) is 8.10. The lowest BCUT2D eigenvalue weighted by Crippen LogP contribution is -2.02. The van der Waals surface area contributed by atoms with Crippen molar-refractivity contribution in [3.63, 3.8) is 0 Å². The molecule has 0 unspecified atom stereocenters.